The van der Waals surface area contributed by atoms with E-state index < -0.39 is 26.2 Å². The van der Waals surface area contributed by atoms with Crippen molar-refractivity contribution in [1.82, 2.24) is 4.90 Å². The van der Waals surface area contributed by atoms with Crippen molar-refractivity contribution in [2.75, 3.05) is 18.5 Å². The van der Waals surface area contributed by atoms with Crippen LogP contribution in [0.1, 0.15) is 20.3 Å². The van der Waals surface area contributed by atoms with Crippen molar-refractivity contribution in [3.8, 4) is 0 Å². The van der Waals surface area contributed by atoms with E-state index in [1.54, 1.807) is 11.9 Å². The van der Waals surface area contributed by atoms with Gasteiger partial charge in [0.25, 0.3) is 0 Å². The van der Waals surface area contributed by atoms with Gasteiger partial charge in [-0.3, -0.25) is 0 Å². The van der Waals surface area contributed by atoms with E-state index in [0.29, 0.717) is 0 Å². The van der Waals surface area contributed by atoms with Gasteiger partial charge in [-0.2, -0.15) is 0 Å². The number of alkyl halides is 4. The van der Waals surface area contributed by atoms with Crippen LogP contribution in [-0.4, -0.2) is 39.5 Å². The molecule has 86 valence electrons. The van der Waals surface area contributed by atoms with Gasteiger partial charge in [-0.1, -0.05) is 0 Å². The molecular formula is C9H18F2INO. The molecule has 5 heteroatoms. The monoisotopic (exact) mass is 321 g/mol. The summed E-state index contributed by atoms with van der Waals surface area (Å²) in [4.78, 5) is 3.78. The van der Waals surface area contributed by atoms with Gasteiger partial charge in [0.2, 0.25) is 0 Å². The molecule has 0 aliphatic carbocycles. The first-order valence-corrected chi connectivity index (χ1v) is 8.94. The van der Waals surface area contributed by atoms with E-state index in [2.05, 4.69) is 0 Å². The fourth-order valence-corrected chi connectivity index (χ4v) is 6.36. The van der Waals surface area contributed by atoms with Crippen LogP contribution in [0.2, 0.25) is 0 Å². The molecule has 1 atom stereocenters. The van der Waals surface area contributed by atoms with Gasteiger partial charge in [-0.25, -0.2) is 0 Å². The molecule has 1 saturated heterocycles. The first kappa shape index (κ1) is 12.6. The van der Waals surface area contributed by atoms with Gasteiger partial charge in [0.1, 0.15) is 0 Å². The molecule has 1 aliphatic heterocycles. The third-order valence-corrected chi connectivity index (χ3v) is 7.33. The van der Waals surface area contributed by atoms with Crippen molar-refractivity contribution < 1.29 is 11.8 Å². The average molecular weight is 321 g/mol. The Hall–Kier alpha value is 0.510. The van der Waals surface area contributed by atoms with Gasteiger partial charge in [0.15, 0.2) is 0 Å². The second-order valence-electron chi connectivity index (χ2n) is 4.01. The summed E-state index contributed by atoms with van der Waals surface area (Å²) in [6, 6.07) is 0. The second kappa shape index (κ2) is 4.57. The molecule has 1 rings (SSSR count). The fraction of sp³-hybridized carbons (Fsp3) is 1.00. The van der Waals surface area contributed by atoms with E-state index in [0.717, 1.165) is 0 Å². The summed E-state index contributed by atoms with van der Waals surface area (Å²) in [6.07, 6.45) is 0.144. The zero-order chi connectivity index (χ0) is 10.9. The van der Waals surface area contributed by atoms with Crippen molar-refractivity contribution in [1.29, 1.82) is 0 Å². The Morgan fingerprint density at radius 2 is 2.07 bits per heavy atom. The average Bonchev–Trinajstić information content (AvgIpc) is 2.23. The number of rotatable bonds is 3. The summed E-state index contributed by atoms with van der Waals surface area (Å²) in [5.41, 5.74) is 0. The van der Waals surface area contributed by atoms with Crippen molar-refractivity contribution in [2.24, 2.45) is 0 Å². The summed E-state index contributed by atoms with van der Waals surface area (Å²) in [7, 11) is 1.77. The molecule has 2 nitrogen and oxygen atoms in total. The van der Waals surface area contributed by atoms with Crippen LogP contribution in [0.25, 0.3) is 0 Å². The van der Waals surface area contributed by atoms with Crippen LogP contribution in [0.4, 0.5) is 8.78 Å². The van der Waals surface area contributed by atoms with Crippen LogP contribution in [0.15, 0.2) is 0 Å². The number of nitrogens with zero attached hydrogens (tertiary/aromatic N) is 1. The molecule has 1 aliphatic rings. The summed E-state index contributed by atoms with van der Waals surface area (Å²) < 4.78 is 31.8. The molecule has 1 heterocycles. The first-order valence-electron chi connectivity index (χ1n) is 4.66. The molecule has 0 spiro atoms. The van der Waals surface area contributed by atoms with E-state index in [1.165, 1.54) is 0 Å². The molecule has 0 unspecified atom stereocenters. The molecule has 0 aromatic heterocycles. The Labute approximate surface area is 91.9 Å². The van der Waals surface area contributed by atoms with Crippen LogP contribution in [0, 0.1) is 0 Å². The Kier molecular flexibility index (Phi) is 4.11. The van der Waals surface area contributed by atoms with Crippen LogP contribution in [0.3, 0.4) is 0 Å². The van der Waals surface area contributed by atoms with Crippen LogP contribution in [0.5, 0.6) is 0 Å². The topological polar surface area (TPSA) is 12.5 Å². The van der Waals surface area contributed by atoms with E-state index in [1.807, 2.05) is 18.8 Å². The Bertz CT molecular complexity index is 201. The maximum atomic E-state index is 13.1. The molecule has 0 N–H and O–H groups in total. The maximum absolute atomic E-state index is 13.1. The molecule has 0 aromatic rings. The predicted octanol–water partition coefficient (Wildman–Crippen LogP) is 2.76. The molecule has 0 aromatic carbocycles. The zero-order valence-electron chi connectivity index (χ0n) is 9.06. The summed E-state index contributed by atoms with van der Waals surface area (Å²) in [5.74, 6) is -2.51. The second-order valence-corrected chi connectivity index (χ2v) is 8.59. The molecule has 1 fully saturated rings. The minimum absolute atomic E-state index is 0.00315. The fourth-order valence-electron chi connectivity index (χ4n) is 1.61. The zero-order valence-corrected chi connectivity index (χ0v) is 11.2. The molecule has 0 amide bonds. The van der Waals surface area contributed by atoms with Gasteiger partial charge in [-0.15, -0.1) is 0 Å². The molecule has 14 heavy (non-hydrogen) atoms. The van der Waals surface area contributed by atoms with E-state index >= 15 is 0 Å². The van der Waals surface area contributed by atoms with E-state index in [-0.39, 0.29) is 23.1 Å². The molecular weight excluding hydrogens is 303 g/mol. The summed E-state index contributed by atoms with van der Waals surface area (Å²) in [5, 5.41) is 0. The normalized spacial score (nSPS) is 28.5. The van der Waals surface area contributed by atoms with Crippen molar-refractivity contribution in [3.63, 3.8) is 0 Å². The first-order chi connectivity index (χ1) is 6.32. The number of halogens is 3. The quantitative estimate of drug-likeness (QED) is 0.450. The van der Waals surface area contributed by atoms with Crippen molar-refractivity contribution in [3.05, 3.63) is 0 Å². The van der Waals surface area contributed by atoms with E-state index in [4.69, 9.17) is 3.07 Å². The third kappa shape index (κ3) is 3.27. The van der Waals surface area contributed by atoms with Gasteiger partial charge >= 0.3 is 91.8 Å². The van der Waals surface area contributed by atoms with Crippen molar-refractivity contribution >= 4 is 20.2 Å². The number of likely N-dealkylation sites (tertiary alicyclic amines) is 1. The van der Waals surface area contributed by atoms with Crippen LogP contribution < -0.4 is 0 Å². The number of hydrogen-bond donors (Lipinski definition) is 0. The SMILES string of the molecule is CC(C)OI(C)[C@@H]1CC(F)(F)CN1C. The Morgan fingerprint density at radius 1 is 1.50 bits per heavy atom. The summed E-state index contributed by atoms with van der Waals surface area (Å²) >= 11 is -1.68. The predicted molar refractivity (Wildman–Crippen MR) is 62.1 cm³/mol. The van der Waals surface area contributed by atoms with Gasteiger partial charge < -0.3 is 0 Å². The van der Waals surface area contributed by atoms with Gasteiger partial charge in [-0.05, 0) is 0 Å². The molecule has 0 bridgehead atoms. The molecule has 0 radical (unpaired) electrons. The van der Waals surface area contributed by atoms with Gasteiger partial charge in [0.05, 0.1) is 0 Å². The number of hydrogen-bond acceptors (Lipinski definition) is 2. The molecule has 0 saturated carbocycles. The Morgan fingerprint density at radius 3 is 2.43 bits per heavy atom. The Balaban J connectivity index is 2.52. The van der Waals surface area contributed by atoms with E-state index in [9.17, 15) is 8.78 Å². The summed E-state index contributed by atoms with van der Waals surface area (Å²) in [6.45, 7) is 3.81. The minimum atomic E-state index is -2.51. The van der Waals surface area contributed by atoms with Crippen LogP contribution in [-0.2, 0) is 3.07 Å². The van der Waals surface area contributed by atoms with Crippen LogP contribution >= 0.6 is 20.2 Å². The standard InChI is InChI=1S/C9H18F2INO/c1-7(2)14-12(3)8-5-9(10,11)6-13(8)4/h7-8H,5-6H2,1-4H3/t8-/m0/s1. The third-order valence-electron chi connectivity index (χ3n) is 2.10. The van der Waals surface area contributed by atoms with Crippen molar-refractivity contribution in [2.45, 2.75) is 36.3 Å². The van der Waals surface area contributed by atoms with Gasteiger partial charge in [0, 0.05) is 0 Å².